The molecule has 0 aliphatic rings. The summed E-state index contributed by atoms with van der Waals surface area (Å²) in [7, 11) is 4.71. The summed E-state index contributed by atoms with van der Waals surface area (Å²) in [5, 5.41) is 11.1. The lowest BCUT2D eigenvalue weighted by atomic mass is 9.87. The van der Waals surface area contributed by atoms with Gasteiger partial charge in [0.2, 0.25) is 0 Å². The quantitative estimate of drug-likeness (QED) is 0.887. The molecule has 0 saturated carbocycles. The van der Waals surface area contributed by atoms with Gasteiger partial charge in [-0.1, -0.05) is 36.4 Å². The van der Waals surface area contributed by atoms with Crippen LogP contribution < -0.4 is 9.47 Å². The van der Waals surface area contributed by atoms with Crippen LogP contribution in [0.3, 0.4) is 0 Å². The zero-order valence-corrected chi connectivity index (χ0v) is 12.5. The second-order valence-corrected chi connectivity index (χ2v) is 4.73. The maximum Gasteiger partial charge on any atom is 0.161 e. The molecule has 1 atom stereocenters. The Bertz CT molecular complexity index is 583. The molecular formula is C17H20O4. The molecule has 0 aliphatic carbocycles. The van der Waals surface area contributed by atoms with Crippen molar-refractivity contribution in [1.29, 1.82) is 0 Å². The van der Waals surface area contributed by atoms with E-state index in [9.17, 15) is 5.11 Å². The average molecular weight is 288 g/mol. The third-order valence-corrected chi connectivity index (χ3v) is 3.47. The minimum absolute atomic E-state index is 0.145. The minimum atomic E-state index is -1.24. The first-order chi connectivity index (χ1) is 10.2. The van der Waals surface area contributed by atoms with E-state index in [4.69, 9.17) is 14.2 Å². The topological polar surface area (TPSA) is 47.9 Å². The van der Waals surface area contributed by atoms with Crippen LogP contribution in [0.1, 0.15) is 11.1 Å². The van der Waals surface area contributed by atoms with Gasteiger partial charge < -0.3 is 19.3 Å². The van der Waals surface area contributed by atoms with Crippen LogP contribution in [0.5, 0.6) is 11.5 Å². The predicted octanol–water partition coefficient (Wildman–Crippen LogP) is 2.59. The zero-order chi connectivity index (χ0) is 15.3. The van der Waals surface area contributed by atoms with Crippen molar-refractivity contribution in [2.45, 2.75) is 5.60 Å². The van der Waals surface area contributed by atoms with Gasteiger partial charge in [-0.15, -0.1) is 0 Å². The fourth-order valence-corrected chi connectivity index (χ4v) is 2.35. The van der Waals surface area contributed by atoms with Crippen LogP contribution >= 0.6 is 0 Å². The van der Waals surface area contributed by atoms with E-state index in [1.165, 1.54) is 0 Å². The van der Waals surface area contributed by atoms with Crippen molar-refractivity contribution in [3.05, 3.63) is 59.7 Å². The Morgan fingerprint density at radius 3 is 2.10 bits per heavy atom. The smallest absolute Gasteiger partial charge is 0.161 e. The van der Waals surface area contributed by atoms with E-state index in [1.54, 1.807) is 33.5 Å². The maximum absolute atomic E-state index is 11.1. The summed E-state index contributed by atoms with van der Waals surface area (Å²) >= 11 is 0. The summed E-state index contributed by atoms with van der Waals surface area (Å²) in [6.45, 7) is 0.145. The van der Waals surface area contributed by atoms with E-state index in [2.05, 4.69) is 0 Å². The molecule has 2 aromatic rings. The van der Waals surface area contributed by atoms with Gasteiger partial charge in [-0.05, 0) is 23.3 Å². The zero-order valence-electron chi connectivity index (χ0n) is 12.5. The predicted molar refractivity (Wildman–Crippen MR) is 80.9 cm³/mol. The molecule has 0 bridgehead atoms. The van der Waals surface area contributed by atoms with Crippen LogP contribution in [0.4, 0.5) is 0 Å². The Balaban J connectivity index is 2.52. The molecule has 0 aromatic heterocycles. The van der Waals surface area contributed by atoms with Crippen molar-refractivity contribution in [2.24, 2.45) is 0 Å². The summed E-state index contributed by atoms with van der Waals surface area (Å²) in [5.41, 5.74) is 0.211. The highest BCUT2D eigenvalue weighted by Gasteiger charge is 2.32. The molecule has 0 radical (unpaired) electrons. The molecule has 4 heteroatoms. The maximum atomic E-state index is 11.1. The highest BCUT2D eigenvalue weighted by atomic mass is 16.5. The number of hydrogen-bond acceptors (Lipinski definition) is 4. The second-order valence-electron chi connectivity index (χ2n) is 4.73. The van der Waals surface area contributed by atoms with Crippen LogP contribution in [0.25, 0.3) is 0 Å². The first kappa shape index (κ1) is 15.4. The summed E-state index contributed by atoms with van der Waals surface area (Å²) in [4.78, 5) is 0. The van der Waals surface area contributed by atoms with E-state index in [-0.39, 0.29) is 6.61 Å². The molecule has 1 unspecified atom stereocenters. The minimum Gasteiger partial charge on any atom is -0.493 e. The molecule has 0 aliphatic heterocycles. The Labute approximate surface area is 124 Å². The number of benzene rings is 2. The second kappa shape index (κ2) is 6.61. The van der Waals surface area contributed by atoms with Crippen molar-refractivity contribution >= 4 is 0 Å². The van der Waals surface area contributed by atoms with Crippen molar-refractivity contribution < 1.29 is 19.3 Å². The monoisotopic (exact) mass is 288 g/mol. The third-order valence-electron chi connectivity index (χ3n) is 3.47. The SMILES string of the molecule is COCC(O)(c1ccccc1)c1ccc(OC)c(OC)c1. The standard InChI is InChI=1S/C17H20O4/c1-19-12-17(18,13-7-5-4-6-8-13)14-9-10-15(20-2)16(11-14)21-3/h4-11,18H,12H2,1-3H3. The molecule has 0 heterocycles. The summed E-state index contributed by atoms with van der Waals surface area (Å²) in [6.07, 6.45) is 0. The van der Waals surface area contributed by atoms with Gasteiger partial charge in [0, 0.05) is 7.11 Å². The van der Waals surface area contributed by atoms with Gasteiger partial charge in [-0.25, -0.2) is 0 Å². The van der Waals surface area contributed by atoms with Crippen molar-refractivity contribution in [2.75, 3.05) is 27.9 Å². The van der Waals surface area contributed by atoms with E-state index in [0.717, 1.165) is 5.56 Å². The largest absolute Gasteiger partial charge is 0.493 e. The molecule has 2 rings (SSSR count). The molecule has 112 valence electrons. The lowest BCUT2D eigenvalue weighted by Crippen LogP contribution is -2.32. The summed E-state index contributed by atoms with van der Waals surface area (Å²) in [5.74, 6) is 1.19. The number of ether oxygens (including phenoxy) is 3. The van der Waals surface area contributed by atoms with Gasteiger partial charge in [0.05, 0.1) is 20.8 Å². The van der Waals surface area contributed by atoms with Gasteiger partial charge in [0.25, 0.3) is 0 Å². The molecule has 1 N–H and O–H groups in total. The van der Waals surface area contributed by atoms with Gasteiger partial charge in [0.15, 0.2) is 11.5 Å². The number of rotatable bonds is 6. The molecule has 0 amide bonds. The molecule has 2 aromatic carbocycles. The molecule has 4 nitrogen and oxygen atoms in total. The molecule has 21 heavy (non-hydrogen) atoms. The fourth-order valence-electron chi connectivity index (χ4n) is 2.35. The van der Waals surface area contributed by atoms with Gasteiger partial charge >= 0.3 is 0 Å². The van der Waals surface area contributed by atoms with Gasteiger partial charge in [-0.3, -0.25) is 0 Å². The van der Waals surface area contributed by atoms with Crippen LogP contribution in [0.15, 0.2) is 48.5 Å². The highest BCUT2D eigenvalue weighted by Crippen LogP contribution is 2.36. The van der Waals surface area contributed by atoms with E-state index in [1.807, 2.05) is 36.4 Å². The number of hydrogen-bond donors (Lipinski definition) is 1. The van der Waals surface area contributed by atoms with Crippen LogP contribution in [0, 0.1) is 0 Å². The van der Waals surface area contributed by atoms with E-state index < -0.39 is 5.60 Å². The molecule has 0 spiro atoms. The molecule has 0 saturated heterocycles. The third kappa shape index (κ3) is 3.01. The Hall–Kier alpha value is -2.04. The van der Waals surface area contributed by atoms with Gasteiger partial charge in [-0.2, -0.15) is 0 Å². The summed E-state index contributed by atoms with van der Waals surface area (Å²) < 4.78 is 15.8. The summed E-state index contributed by atoms with van der Waals surface area (Å²) in [6, 6.07) is 14.8. The Kier molecular flexibility index (Phi) is 4.83. The normalized spacial score (nSPS) is 13.5. The van der Waals surface area contributed by atoms with Crippen LogP contribution in [-0.2, 0) is 10.3 Å². The number of aliphatic hydroxyl groups is 1. The Morgan fingerprint density at radius 1 is 0.857 bits per heavy atom. The van der Waals surface area contributed by atoms with Crippen molar-refractivity contribution in [3.8, 4) is 11.5 Å². The van der Waals surface area contributed by atoms with Crippen LogP contribution in [-0.4, -0.2) is 33.0 Å². The molecular weight excluding hydrogens is 268 g/mol. The van der Waals surface area contributed by atoms with Crippen molar-refractivity contribution in [1.82, 2.24) is 0 Å². The lowest BCUT2D eigenvalue weighted by molar-refractivity contribution is -0.00343. The molecule has 0 fully saturated rings. The van der Waals surface area contributed by atoms with Gasteiger partial charge in [0.1, 0.15) is 5.60 Å². The van der Waals surface area contributed by atoms with E-state index >= 15 is 0 Å². The highest BCUT2D eigenvalue weighted by molar-refractivity contribution is 5.47. The van der Waals surface area contributed by atoms with Crippen molar-refractivity contribution in [3.63, 3.8) is 0 Å². The Morgan fingerprint density at radius 2 is 1.52 bits per heavy atom. The first-order valence-corrected chi connectivity index (χ1v) is 6.65. The van der Waals surface area contributed by atoms with E-state index in [0.29, 0.717) is 17.1 Å². The average Bonchev–Trinajstić information content (AvgIpc) is 2.55. The van der Waals surface area contributed by atoms with Crippen LogP contribution in [0.2, 0.25) is 0 Å². The fraction of sp³-hybridized carbons (Fsp3) is 0.294. The number of methoxy groups -OCH3 is 3. The lowest BCUT2D eigenvalue weighted by Gasteiger charge is -2.29. The first-order valence-electron chi connectivity index (χ1n) is 6.65.